The summed E-state index contributed by atoms with van der Waals surface area (Å²) in [4.78, 5) is 37.8. The van der Waals surface area contributed by atoms with E-state index in [2.05, 4.69) is 14.9 Å². The van der Waals surface area contributed by atoms with E-state index < -0.39 is 36.4 Å². The van der Waals surface area contributed by atoms with Gasteiger partial charge in [0.15, 0.2) is 0 Å². The predicted molar refractivity (Wildman–Crippen MR) is 131 cm³/mol. The molecule has 3 N–H and O–H groups in total. The molecular formula is C25H26F9N3O8. The molecule has 45 heavy (non-hydrogen) atoms. The molecule has 0 radical (unpaired) electrons. The second kappa shape index (κ2) is 17.4. The molecule has 252 valence electrons. The molecule has 2 aromatic heterocycles. The lowest BCUT2D eigenvalue weighted by Gasteiger charge is -2.33. The van der Waals surface area contributed by atoms with E-state index >= 15 is 0 Å². The number of halogens is 9. The standard InChI is InChI=1S/C19H23N3O2.3C2HF3O2/c1-2-15(8-20-5-1)12-24-13-17-10-21-9-16-11-22(6-3-19(16)17)18-4-7-23-14-18;3*3-2(4,5)1(6)7/h1-2,5,8-10,18H,3-4,6-7,11-14H2;3*(H,6,7). The summed E-state index contributed by atoms with van der Waals surface area (Å²) in [6.45, 7) is 5.04. The van der Waals surface area contributed by atoms with Gasteiger partial charge in [-0.25, -0.2) is 14.4 Å². The van der Waals surface area contributed by atoms with Crippen molar-refractivity contribution in [1.29, 1.82) is 0 Å². The molecule has 0 aromatic carbocycles. The van der Waals surface area contributed by atoms with E-state index in [1.807, 2.05) is 30.7 Å². The Morgan fingerprint density at radius 2 is 1.42 bits per heavy atom. The number of hydrogen-bond acceptors (Lipinski definition) is 8. The molecule has 1 saturated heterocycles. The molecule has 0 bridgehead atoms. The molecule has 0 aliphatic carbocycles. The van der Waals surface area contributed by atoms with Crippen LogP contribution in [0.1, 0.15) is 28.7 Å². The van der Waals surface area contributed by atoms with Crippen LogP contribution in [0.4, 0.5) is 39.5 Å². The molecule has 1 atom stereocenters. The predicted octanol–water partition coefficient (Wildman–Crippen LogP) is 4.24. The van der Waals surface area contributed by atoms with Crippen molar-refractivity contribution >= 4 is 17.9 Å². The first-order valence-electron chi connectivity index (χ1n) is 12.4. The number of alkyl halides is 9. The highest BCUT2D eigenvalue weighted by atomic mass is 19.4. The van der Waals surface area contributed by atoms with Gasteiger partial charge in [0.2, 0.25) is 0 Å². The number of carbonyl (C=O) groups is 3. The second-order valence-corrected chi connectivity index (χ2v) is 8.94. The first-order chi connectivity index (χ1) is 20.7. The zero-order valence-corrected chi connectivity index (χ0v) is 22.8. The minimum absolute atomic E-state index is 0.573. The lowest BCUT2D eigenvalue weighted by Crippen LogP contribution is -2.40. The molecule has 1 fully saturated rings. The first-order valence-corrected chi connectivity index (χ1v) is 12.4. The average molecular weight is 667 g/mol. The largest absolute Gasteiger partial charge is 0.490 e. The van der Waals surface area contributed by atoms with Gasteiger partial charge < -0.3 is 24.8 Å². The van der Waals surface area contributed by atoms with Crippen LogP contribution >= 0.6 is 0 Å². The highest BCUT2D eigenvalue weighted by molar-refractivity contribution is 5.73. The number of nitrogens with zero attached hydrogens (tertiary/aromatic N) is 3. The molecule has 0 saturated carbocycles. The maximum Gasteiger partial charge on any atom is 0.490 e. The van der Waals surface area contributed by atoms with Gasteiger partial charge in [-0.1, -0.05) is 6.07 Å². The van der Waals surface area contributed by atoms with Crippen LogP contribution in [0.2, 0.25) is 0 Å². The van der Waals surface area contributed by atoms with Gasteiger partial charge in [0, 0.05) is 50.5 Å². The Morgan fingerprint density at radius 3 is 1.87 bits per heavy atom. The van der Waals surface area contributed by atoms with Crippen LogP contribution in [-0.4, -0.2) is 92.4 Å². The lowest BCUT2D eigenvalue weighted by molar-refractivity contribution is -0.193. The molecule has 2 aromatic rings. The number of rotatable bonds is 5. The summed E-state index contributed by atoms with van der Waals surface area (Å²) in [6, 6.07) is 4.54. The molecule has 4 rings (SSSR count). The number of carboxylic acid groups (broad SMARTS) is 3. The van der Waals surface area contributed by atoms with Crippen LogP contribution in [0.15, 0.2) is 36.9 Å². The molecule has 0 amide bonds. The third-order valence-corrected chi connectivity index (χ3v) is 5.66. The number of aromatic nitrogens is 2. The Morgan fingerprint density at radius 1 is 0.867 bits per heavy atom. The maximum atomic E-state index is 10.6. The minimum Gasteiger partial charge on any atom is -0.475 e. The van der Waals surface area contributed by atoms with E-state index in [4.69, 9.17) is 39.2 Å². The third kappa shape index (κ3) is 15.0. The molecule has 2 aliphatic rings. The fourth-order valence-electron chi connectivity index (χ4n) is 3.60. The van der Waals surface area contributed by atoms with Crippen LogP contribution in [0.3, 0.4) is 0 Å². The normalized spacial score (nSPS) is 16.4. The summed E-state index contributed by atoms with van der Waals surface area (Å²) in [5, 5.41) is 21.4. The van der Waals surface area contributed by atoms with Crippen molar-refractivity contribution in [2.45, 2.75) is 57.2 Å². The Kier molecular flexibility index (Phi) is 15.1. The van der Waals surface area contributed by atoms with Crippen LogP contribution in [0.25, 0.3) is 0 Å². The third-order valence-electron chi connectivity index (χ3n) is 5.66. The number of hydrogen-bond donors (Lipinski definition) is 3. The lowest BCUT2D eigenvalue weighted by atomic mass is 9.96. The second-order valence-electron chi connectivity index (χ2n) is 8.94. The minimum atomic E-state index is -5.08. The number of fused-ring (bicyclic) bond motifs is 1. The summed E-state index contributed by atoms with van der Waals surface area (Å²) in [7, 11) is 0. The van der Waals surface area contributed by atoms with Gasteiger partial charge in [-0.15, -0.1) is 0 Å². The van der Waals surface area contributed by atoms with Gasteiger partial charge >= 0.3 is 36.4 Å². The van der Waals surface area contributed by atoms with Crippen molar-refractivity contribution < 1.29 is 78.7 Å². The summed E-state index contributed by atoms with van der Waals surface area (Å²) in [6.07, 6.45) is -5.43. The molecular weight excluding hydrogens is 641 g/mol. The van der Waals surface area contributed by atoms with E-state index in [0.29, 0.717) is 19.3 Å². The Labute approximate surface area is 248 Å². The smallest absolute Gasteiger partial charge is 0.475 e. The highest BCUT2D eigenvalue weighted by Gasteiger charge is 2.39. The van der Waals surface area contributed by atoms with Crippen LogP contribution in [0.5, 0.6) is 0 Å². The first kappa shape index (κ1) is 39.0. The summed E-state index contributed by atoms with van der Waals surface area (Å²) < 4.78 is 107. The SMILES string of the molecule is O=C(O)C(F)(F)F.O=C(O)C(F)(F)F.O=C(O)C(F)(F)F.c1cncc(COCc2cncc3c2CCN(C2CCOC2)C3)c1. The van der Waals surface area contributed by atoms with Crippen molar-refractivity contribution in [3.05, 3.63) is 59.2 Å². The monoisotopic (exact) mass is 667 g/mol. The van der Waals surface area contributed by atoms with E-state index in [1.54, 1.807) is 6.20 Å². The van der Waals surface area contributed by atoms with Gasteiger partial charge in [-0.05, 0) is 41.2 Å². The van der Waals surface area contributed by atoms with Crippen molar-refractivity contribution in [3.63, 3.8) is 0 Å². The topological polar surface area (TPSA) is 159 Å². The molecule has 0 spiro atoms. The molecule has 11 nitrogen and oxygen atoms in total. The van der Waals surface area contributed by atoms with E-state index in [-0.39, 0.29) is 0 Å². The van der Waals surface area contributed by atoms with Gasteiger partial charge in [0.05, 0.1) is 19.8 Å². The number of carboxylic acids is 3. The highest BCUT2D eigenvalue weighted by Crippen LogP contribution is 2.26. The van der Waals surface area contributed by atoms with Crippen molar-refractivity contribution in [2.24, 2.45) is 0 Å². The Hall–Kier alpha value is -4.04. The van der Waals surface area contributed by atoms with Gasteiger partial charge in [-0.3, -0.25) is 14.9 Å². The molecule has 1 unspecified atom stereocenters. The average Bonchev–Trinajstić information content (AvgIpc) is 3.48. The van der Waals surface area contributed by atoms with Crippen LogP contribution < -0.4 is 0 Å². The van der Waals surface area contributed by atoms with E-state index in [1.165, 1.54) is 16.7 Å². The molecule has 2 aliphatic heterocycles. The van der Waals surface area contributed by atoms with Gasteiger partial charge in [0.25, 0.3) is 0 Å². The summed E-state index contributed by atoms with van der Waals surface area (Å²) >= 11 is 0. The van der Waals surface area contributed by atoms with E-state index in [9.17, 15) is 39.5 Å². The Bertz CT molecular complexity index is 1180. The van der Waals surface area contributed by atoms with Crippen LogP contribution in [0, 0.1) is 0 Å². The van der Waals surface area contributed by atoms with Gasteiger partial charge in [0.1, 0.15) is 0 Å². The number of pyridine rings is 2. The fourth-order valence-corrected chi connectivity index (χ4v) is 3.60. The van der Waals surface area contributed by atoms with Crippen LogP contribution in [-0.2, 0) is 50.0 Å². The van der Waals surface area contributed by atoms with Gasteiger partial charge in [-0.2, -0.15) is 39.5 Å². The van der Waals surface area contributed by atoms with E-state index in [0.717, 1.165) is 44.7 Å². The summed E-state index contributed by atoms with van der Waals surface area (Å²) in [5.41, 5.74) is 5.09. The summed E-state index contributed by atoms with van der Waals surface area (Å²) in [5.74, 6) is -8.27. The maximum absolute atomic E-state index is 10.6. The number of ether oxygens (including phenoxy) is 2. The quantitative estimate of drug-likeness (QED) is 0.392. The zero-order valence-electron chi connectivity index (χ0n) is 22.8. The fraction of sp³-hybridized carbons (Fsp3) is 0.480. The number of aliphatic carboxylic acids is 3. The van der Waals surface area contributed by atoms with Crippen molar-refractivity contribution in [3.8, 4) is 0 Å². The Balaban J connectivity index is 0.000000396. The molecule has 4 heterocycles. The van der Waals surface area contributed by atoms with Crippen molar-refractivity contribution in [2.75, 3.05) is 19.8 Å². The zero-order chi connectivity index (χ0) is 34.4. The van der Waals surface area contributed by atoms with Crippen molar-refractivity contribution in [1.82, 2.24) is 14.9 Å². The molecule has 20 heteroatoms.